The van der Waals surface area contributed by atoms with Crippen molar-refractivity contribution in [2.24, 2.45) is 0 Å². The van der Waals surface area contributed by atoms with E-state index in [1.54, 1.807) is 0 Å². The van der Waals surface area contributed by atoms with Crippen molar-refractivity contribution in [3.05, 3.63) is 90.3 Å². The topological polar surface area (TPSA) is 4.93 Å². The van der Waals surface area contributed by atoms with Gasteiger partial charge in [-0.25, -0.2) is 0 Å². The summed E-state index contributed by atoms with van der Waals surface area (Å²) in [4.78, 5) is 1.48. The molecule has 3 aromatic carbocycles. The Balaban J connectivity index is 1.98. The van der Waals surface area contributed by atoms with Gasteiger partial charge in [0.15, 0.2) is 3.95 Å². The number of rotatable bonds is 4. The van der Waals surface area contributed by atoms with Crippen molar-refractivity contribution in [2.75, 3.05) is 0 Å². The molecule has 1 unspecified atom stereocenters. The summed E-state index contributed by atoms with van der Waals surface area (Å²) in [6.07, 6.45) is 4.62. The highest BCUT2D eigenvalue weighted by Gasteiger charge is 2.30. The first-order valence-electron chi connectivity index (χ1n) is 17.5. The van der Waals surface area contributed by atoms with Gasteiger partial charge in [0.1, 0.15) is 0 Å². The van der Waals surface area contributed by atoms with E-state index in [9.17, 15) is 0 Å². The van der Waals surface area contributed by atoms with Crippen LogP contribution in [0.15, 0.2) is 48.5 Å². The minimum atomic E-state index is -0.00750. The molecule has 0 amide bonds. The normalized spacial score (nSPS) is 16.0. The molecule has 1 atom stereocenters. The number of nitrogens with zero attached hydrogens (tertiary/aromatic N) is 1. The van der Waals surface area contributed by atoms with Crippen molar-refractivity contribution in [3.8, 4) is 27.9 Å². The Morgan fingerprint density at radius 3 is 1.45 bits per heavy atom. The van der Waals surface area contributed by atoms with Crippen LogP contribution in [0.5, 0.6) is 0 Å². The summed E-state index contributed by atoms with van der Waals surface area (Å²) in [5.41, 5.74) is 12.6. The fraction of sp³-hybridized carbons (Fsp3) is 0.512. The molecule has 47 heavy (non-hydrogen) atoms. The van der Waals surface area contributed by atoms with Crippen molar-refractivity contribution in [3.63, 3.8) is 0 Å². The summed E-state index contributed by atoms with van der Waals surface area (Å²) in [6.45, 7) is 30.1. The molecule has 0 spiro atoms. The maximum atomic E-state index is 7.20. The molecule has 1 aliphatic carbocycles. The van der Waals surface area contributed by atoms with Gasteiger partial charge in [0.05, 0.1) is 5.69 Å². The molecule has 0 aliphatic heterocycles. The van der Waals surface area contributed by atoms with Crippen molar-refractivity contribution in [2.45, 2.75) is 143 Å². The second-order valence-electron chi connectivity index (χ2n) is 18.0. The maximum Gasteiger partial charge on any atom is 0.166 e. The summed E-state index contributed by atoms with van der Waals surface area (Å²) in [6, 6.07) is 18.8. The van der Waals surface area contributed by atoms with Gasteiger partial charge in [-0.3, -0.25) is 4.57 Å². The predicted molar refractivity (Wildman–Crippen MR) is 211 cm³/mol. The Kier molecular flexibility index (Phi) is 9.67. The van der Waals surface area contributed by atoms with Crippen molar-refractivity contribution < 1.29 is 0 Å². The van der Waals surface area contributed by atoms with Gasteiger partial charge >= 0.3 is 0 Å². The zero-order valence-corrected chi connectivity index (χ0v) is 33.6. The quantitative estimate of drug-likeness (QED) is 0.194. The molecule has 1 nitrogen and oxygen atoms in total. The Bertz CT molecular complexity index is 1700. The third-order valence-corrected chi connectivity index (χ3v) is 11.8. The number of hydrogen-bond donors (Lipinski definition) is 0. The zero-order valence-electron chi connectivity index (χ0n) is 31.2. The van der Waals surface area contributed by atoms with E-state index in [0.717, 1.165) is 32.9 Å². The van der Waals surface area contributed by atoms with Gasteiger partial charge in [-0.15, -0.1) is 11.3 Å². The van der Waals surface area contributed by atoms with Crippen LogP contribution in [0.2, 0.25) is 5.02 Å². The summed E-state index contributed by atoms with van der Waals surface area (Å²) in [5, 5.41) is 0.748. The number of halogens is 1. The monoisotopic (exact) mass is 685 g/mol. The molecule has 0 radical (unpaired) electrons. The second kappa shape index (κ2) is 12.6. The van der Waals surface area contributed by atoms with Gasteiger partial charge in [0.25, 0.3) is 0 Å². The third kappa shape index (κ3) is 7.38. The lowest BCUT2D eigenvalue weighted by Crippen LogP contribution is -2.17. The van der Waals surface area contributed by atoms with E-state index in [1.807, 2.05) is 11.3 Å². The molecule has 252 valence electrons. The van der Waals surface area contributed by atoms with Crippen LogP contribution in [0.1, 0.15) is 148 Å². The van der Waals surface area contributed by atoms with Gasteiger partial charge in [-0.2, -0.15) is 0 Å². The SMILES string of the molecule is CCC1CCCc2c1sc(=S)n2-c1c(-c2cc(C(C)(C)C)cc(C(C)(C)C)c2)cc(Cl)cc1-c1cc(C(C)(C)C)cc(C(C)(C)C)c1. The number of hydrogen-bond acceptors (Lipinski definition) is 2. The minimum Gasteiger partial charge on any atom is -0.294 e. The molecule has 1 heterocycles. The largest absolute Gasteiger partial charge is 0.294 e. The molecule has 0 N–H and O–H groups in total. The van der Waals surface area contributed by atoms with Crippen LogP contribution in [-0.2, 0) is 28.1 Å². The summed E-state index contributed by atoms with van der Waals surface area (Å²) >= 11 is 15.4. The third-order valence-electron chi connectivity index (χ3n) is 10.0. The highest BCUT2D eigenvalue weighted by Crippen LogP contribution is 2.47. The average Bonchev–Trinajstić information content (AvgIpc) is 3.29. The standard InChI is InChI=1S/C43H56ClNS2/c1-14-26-16-15-17-36-38(26)47-39(46)45(36)37-34(27-18-29(40(2,3)4)22-30(19-27)41(5,6)7)24-33(44)25-35(37)28-20-31(42(8,9)10)23-32(21-28)43(11,12)13/h18-26H,14-17H2,1-13H3. The van der Waals surface area contributed by atoms with E-state index in [2.05, 4.69) is 143 Å². The summed E-state index contributed by atoms with van der Waals surface area (Å²) in [7, 11) is 0. The van der Waals surface area contributed by atoms with Crippen LogP contribution in [-0.4, -0.2) is 4.57 Å². The van der Waals surface area contributed by atoms with Crippen molar-refractivity contribution in [1.29, 1.82) is 0 Å². The molecule has 4 heteroatoms. The van der Waals surface area contributed by atoms with E-state index in [0.29, 0.717) is 5.92 Å². The molecule has 5 rings (SSSR count). The van der Waals surface area contributed by atoms with Crippen LogP contribution in [0, 0.1) is 3.95 Å². The first kappa shape index (κ1) is 36.1. The highest BCUT2D eigenvalue weighted by molar-refractivity contribution is 7.73. The minimum absolute atomic E-state index is 0.00750. The molecule has 0 saturated heterocycles. The lowest BCUT2D eigenvalue weighted by Gasteiger charge is -2.29. The zero-order chi connectivity index (χ0) is 34.9. The van der Waals surface area contributed by atoms with Gasteiger partial charge < -0.3 is 0 Å². The molecule has 0 saturated carbocycles. The predicted octanol–water partition coefficient (Wildman–Crippen LogP) is 14.3. The van der Waals surface area contributed by atoms with Crippen molar-refractivity contribution in [1.82, 2.24) is 4.57 Å². The molecule has 4 aromatic rings. The number of fused-ring (bicyclic) bond motifs is 1. The number of thiazole rings is 1. The Morgan fingerprint density at radius 2 is 1.09 bits per heavy atom. The van der Waals surface area contributed by atoms with Crippen LogP contribution in [0.4, 0.5) is 0 Å². The molecular formula is C43H56ClNS2. The first-order valence-corrected chi connectivity index (χ1v) is 19.1. The van der Waals surface area contributed by atoms with E-state index >= 15 is 0 Å². The number of aromatic nitrogens is 1. The smallest absolute Gasteiger partial charge is 0.166 e. The van der Waals surface area contributed by atoms with Crippen LogP contribution < -0.4 is 0 Å². The number of benzene rings is 3. The van der Waals surface area contributed by atoms with E-state index in [1.165, 1.54) is 62.5 Å². The van der Waals surface area contributed by atoms with Crippen LogP contribution in [0.25, 0.3) is 27.9 Å². The molecular weight excluding hydrogens is 630 g/mol. The van der Waals surface area contributed by atoms with E-state index in [-0.39, 0.29) is 21.7 Å². The van der Waals surface area contributed by atoms with Crippen LogP contribution >= 0.6 is 35.2 Å². The van der Waals surface area contributed by atoms with Crippen LogP contribution in [0.3, 0.4) is 0 Å². The summed E-state index contributed by atoms with van der Waals surface area (Å²) < 4.78 is 3.39. The molecule has 1 aliphatic rings. The van der Waals surface area contributed by atoms with Crippen molar-refractivity contribution >= 4 is 35.2 Å². The molecule has 1 aromatic heterocycles. The Labute approximate surface area is 299 Å². The fourth-order valence-corrected chi connectivity index (χ4v) is 8.75. The van der Waals surface area contributed by atoms with Gasteiger partial charge in [-0.1, -0.05) is 138 Å². The van der Waals surface area contributed by atoms with Gasteiger partial charge in [0, 0.05) is 26.7 Å². The van der Waals surface area contributed by atoms with Gasteiger partial charge in [-0.05, 0) is 111 Å². The lowest BCUT2D eigenvalue weighted by atomic mass is 9.77. The molecule has 0 fully saturated rings. The van der Waals surface area contributed by atoms with E-state index in [4.69, 9.17) is 23.8 Å². The molecule has 0 bridgehead atoms. The summed E-state index contributed by atoms with van der Waals surface area (Å²) in [5.74, 6) is 0.569. The lowest BCUT2D eigenvalue weighted by molar-refractivity contribution is 0.537. The van der Waals surface area contributed by atoms with E-state index < -0.39 is 0 Å². The average molecular weight is 687 g/mol. The fourth-order valence-electron chi connectivity index (χ4n) is 6.81. The first-order chi connectivity index (χ1) is 21.6. The maximum absolute atomic E-state index is 7.20. The van der Waals surface area contributed by atoms with Gasteiger partial charge in [0.2, 0.25) is 0 Å². The Hall–Kier alpha value is -2.20. The second-order valence-corrected chi connectivity index (χ2v) is 20.1. The Morgan fingerprint density at radius 1 is 0.681 bits per heavy atom. The highest BCUT2D eigenvalue weighted by atomic mass is 35.5.